The van der Waals surface area contributed by atoms with Crippen molar-refractivity contribution in [2.45, 2.75) is 43.9 Å². The van der Waals surface area contributed by atoms with E-state index in [-0.39, 0.29) is 0 Å². The van der Waals surface area contributed by atoms with Gasteiger partial charge in [0.15, 0.2) is 0 Å². The maximum absolute atomic E-state index is 6.10. The first-order chi connectivity index (χ1) is 8.76. The summed E-state index contributed by atoms with van der Waals surface area (Å²) in [4.78, 5) is 2.54. The lowest BCUT2D eigenvalue weighted by Crippen LogP contribution is -2.43. The average molecular weight is 247 g/mol. The van der Waals surface area contributed by atoms with E-state index >= 15 is 0 Å². The van der Waals surface area contributed by atoms with Crippen LogP contribution < -0.4 is 9.47 Å². The smallest absolute Gasteiger partial charge is 0.119 e. The lowest BCUT2D eigenvalue weighted by Gasteiger charge is -2.36. The maximum Gasteiger partial charge on any atom is 0.119 e. The van der Waals surface area contributed by atoms with Crippen molar-refractivity contribution in [2.24, 2.45) is 0 Å². The first-order valence-electron chi connectivity index (χ1n) is 6.79. The van der Waals surface area contributed by atoms with Crippen molar-refractivity contribution >= 4 is 0 Å². The number of hydrogen-bond donors (Lipinski definition) is 0. The summed E-state index contributed by atoms with van der Waals surface area (Å²) in [6.07, 6.45) is 5.39. The molecule has 3 heteroatoms. The Morgan fingerprint density at radius 2 is 1.56 bits per heavy atom. The zero-order chi connectivity index (χ0) is 12.5. The minimum atomic E-state index is 0.382. The summed E-state index contributed by atoms with van der Waals surface area (Å²) in [7, 11) is 3.94. The SMILES string of the molecule is COc1ccc(OC2CC3CCC(C2)N3C)cc1. The zero-order valence-corrected chi connectivity index (χ0v) is 11.1. The molecule has 3 rings (SSSR count). The molecule has 2 heterocycles. The van der Waals surface area contributed by atoms with Crippen LogP contribution in [-0.2, 0) is 0 Å². The van der Waals surface area contributed by atoms with Gasteiger partial charge in [-0.05, 0) is 57.0 Å². The van der Waals surface area contributed by atoms with Crippen molar-refractivity contribution in [3.63, 3.8) is 0 Å². The van der Waals surface area contributed by atoms with Gasteiger partial charge in [0.25, 0.3) is 0 Å². The molecule has 98 valence electrons. The van der Waals surface area contributed by atoms with E-state index in [9.17, 15) is 0 Å². The van der Waals surface area contributed by atoms with Crippen molar-refractivity contribution in [1.29, 1.82) is 0 Å². The summed E-state index contributed by atoms with van der Waals surface area (Å²) in [5.74, 6) is 1.84. The summed E-state index contributed by atoms with van der Waals surface area (Å²) >= 11 is 0. The van der Waals surface area contributed by atoms with Crippen LogP contribution in [0.3, 0.4) is 0 Å². The highest BCUT2D eigenvalue weighted by Gasteiger charge is 2.39. The Labute approximate surface area is 109 Å². The van der Waals surface area contributed by atoms with E-state index in [1.54, 1.807) is 7.11 Å². The highest BCUT2D eigenvalue weighted by molar-refractivity contribution is 5.31. The highest BCUT2D eigenvalue weighted by Crippen LogP contribution is 2.36. The molecule has 0 N–H and O–H groups in total. The van der Waals surface area contributed by atoms with E-state index in [1.807, 2.05) is 24.3 Å². The van der Waals surface area contributed by atoms with Gasteiger partial charge in [0.2, 0.25) is 0 Å². The minimum Gasteiger partial charge on any atom is -0.497 e. The topological polar surface area (TPSA) is 21.7 Å². The second-order valence-corrected chi connectivity index (χ2v) is 5.44. The van der Waals surface area contributed by atoms with Gasteiger partial charge in [-0.2, -0.15) is 0 Å². The fourth-order valence-electron chi connectivity index (χ4n) is 3.30. The van der Waals surface area contributed by atoms with E-state index in [2.05, 4.69) is 11.9 Å². The molecular formula is C15H21NO2. The third-order valence-electron chi connectivity index (χ3n) is 4.42. The van der Waals surface area contributed by atoms with Gasteiger partial charge in [0.1, 0.15) is 17.6 Å². The molecule has 3 nitrogen and oxygen atoms in total. The Kier molecular flexibility index (Phi) is 3.16. The van der Waals surface area contributed by atoms with E-state index in [0.29, 0.717) is 6.10 Å². The fourth-order valence-corrected chi connectivity index (χ4v) is 3.30. The average Bonchev–Trinajstić information content (AvgIpc) is 2.63. The lowest BCUT2D eigenvalue weighted by molar-refractivity contribution is 0.0661. The summed E-state index contributed by atoms with van der Waals surface area (Å²) in [5, 5.41) is 0. The normalized spacial score (nSPS) is 31.3. The van der Waals surface area contributed by atoms with Crippen molar-refractivity contribution in [3.8, 4) is 11.5 Å². The van der Waals surface area contributed by atoms with Gasteiger partial charge in [-0.3, -0.25) is 0 Å². The van der Waals surface area contributed by atoms with Gasteiger partial charge in [-0.25, -0.2) is 0 Å². The number of piperidine rings is 1. The van der Waals surface area contributed by atoms with Gasteiger partial charge in [-0.15, -0.1) is 0 Å². The van der Waals surface area contributed by atoms with Crippen LogP contribution in [0.15, 0.2) is 24.3 Å². The Morgan fingerprint density at radius 3 is 2.11 bits per heavy atom. The quantitative estimate of drug-likeness (QED) is 0.819. The second-order valence-electron chi connectivity index (χ2n) is 5.44. The standard InChI is InChI=1S/C15H21NO2/c1-16-11-3-4-12(16)10-15(9-11)18-14-7-5-13(17-2)6-8-14/h5-8,11-12,15H,3-4,9-10H2,1-2H3. The van der Waals surface area contributed by atoms with E-state index in [4.69, 9.17) is 9.47 Å². The first-order valence-corrected chi connectivity index (χ1v) is 6.79. The number of ether oxygens (including phenoxy) is 2. The number of hydrogen-bond acceptors (Lipinski definition) is 3. The molecule has 2 bridgehead atoms. The molecule has 18 heavy (non-hydrogen) atoms. The molecule has 1 aromatic rings. The molecule has 2 aliphatic rings. The Hall–Kier alpha value is -1.22. The maximum atomic E-state index is 6.10. The third-order valence-corrected chi connectivity index (χ3v) is 4.42. The van der Waals surface area contributed by atoms with Crippen LogP contribution in [0.5, 0.6) is 11.5 Å². The third kappa shape index (κ3) is 2.19. The Balaban J connectivity index is 1.63. The van der Waals surface area contributed by atoms with Crippen LogP contribution in [0.1, 0.15) is 25.7 Å². The van der Waals surface area contributed by atoms with Crippen LogP contribution in [0.25, 0.3) is 0 Å². The van der Waals surface area contributed by atoms with Gasteiger partial charge < -0.3 is 14.4 Å². The summed E-state index contributed by atoms with van der Waals surface area (Å²) in [6.45, 7) is 0. The molecule has 2 saturated heterocycles. The monoisotopic (exact) mass is 247 g/mol. The van der Waals surface area contributed by atoms with Crippen molar-refractivity contribution in [1.82, 2.24) is 4.90 Å². The van der Waals surface area contributed by atoms with Crippen LogP contribution in [0, 0.1) is 0 Å². The zero-order valence-electron chi connectivity index (χ0n) is 11.1. The van der Waals surface area contributed by atoms with Crippen molar-refractivity contribution < 1.29 is 9.47 Å². The number of methoxy groups -OCH3 is 1. The summed E-state index contributed by atoms with van der Waals surface area (Å²) in [5.41, 5.74) is 0. The van der Waals surface area contributed by atoms with E-state index in [0.717, 1.165) is 23.6 Å². The van der Waals surface area contributed by atoms with Crippen molar-refractivity contribution in [3.05, 3.63) is 24.3 Å². The summed E-state index contributed by atoms with van der Waals surface area (Å²) < 4.78 is 11.3. The molecular weight excluding hydrogens is 226 g/mol. The second kappa shape index (κ2) is 4.81. The molecule has 0 aliphatic carbocycles. The molecule has 0 radical (unpaired) electrons. The highest BCUT2D eigenvalue weighted by atomic mass is 16.5. The Bertz CT molecular complexity index is 389. The van der Waals surface area contributed by atoms with Gasteiger partial charge in [0.05, 0.1) is 7.11 Å². The Morgan fingerprint density at radius 1 is 1.00 bits per heavy atom. The molecule has 0 amide bonds. The van der Waals surface area contributed by atoms with Crippen molar-refractivity contribution in [2.75, 3.05) is 14.2 Å². The molecule has 0 saturated carbocycles. The van der Waals surface area contributed by atoms with Gasteiger partial charge in [0, 0.05) is 12.1 Å². The number of rotatable bonds is 3. The molecule has 1 aromatic carbocycles. The van der Waals surface area contributed by atoms with Crippen LogP contribution in [0.2, 0.25) is 0 Å². The predicted molar refractivity (Wildman–Crippen MR) is 71.2 cm³/mol. The fraction of sp³-hybridized carbons (Fsp3) is 0.600. The molecule has 2 aliphatic heterocycles. The van der Waals surface area contributed by atoms with Gasteiger partial charge in [-0.1, -0.05) is 0 Å². The van der Waals surface area contributed by atoms with E-state index < -0.39 is 0 Å². The molecule has 2 fully saturated rings. The number of benzene rings is 1. The first kappa shape index (κ1) is 11.8. The number of nitrogens with zero attached hydrogens (tertiary/aromatic N) is 1. The number of fused-ring (bicyclic) bond motifs is 2. The van der Waals surface area contributed by atoms with Crippen LogP contribution >= 0.6 is 0 Å². The molecule has 0 spiro atoms. The predicted octanol–water partition coefficient (Wildman–Crippen LogP) is 2.70. The van der Waals surface area contributed by atoms with E-state index in [1.165, 1.54) is 25.7 Å². The summed E-state index contributed by atoms with van der Waals surface area (Å²) in [6, 6.07) is 9.37. The van der Waals surface area contributed by atoms with Crippen LogP contribution in [0.4, 0.5) is 0 Å². The molecule has 2 unspecified atom stereocenters. The van der Waals surface area contributed by atoms with Crippen LogP contribution in [-0.4, -0.2) is 37.2 Å². The minimum absolute atomic E-state index is 0.382. The largest absolute Gasteiger partial charge is 0.497 e. The molecule has 0 aromatic heterocycles. The lowest BCUT2D eigenvalue weighted by atomic mass is 10.0. The molecule has 2 atom stereocenters. The van der Waals surface area contributed by atoms with Gasteiger partial charge >= 0.3 is 0 Å².